The summed E-state index contributed by atoms with van der Waals surface area (Å²) in [6.45, 7) is 2.18. The molecule has 4 heteroatoms. The first kappa shape index (κ1) is 13.3. The van der Waals surface area contributed by atoms with Gasteiger partial charge in [0.2, 0.25) is 0 Å². The number of rotatable bonds is 6. The summed E-state index contributed by atoms with van der Waals surface area (Å²) in [4.78, 5) is 11.7. The summed E-state index contributed by atoms with van der Waals surface area (Å²) in [5.74, 6) is 1.31. The monoisotopic (exact) mass is 274 g/mol. The van der Waals surface area contributed by atoms with E-state index in [2.05, 4.69) is 5.32 Å². The minimum atomic E-state index is -0.313. The van der Waals surface area contributed by atoms with Crippen LogP contribution >= 0.6 is 0 Å². The highest BCUT2D eigenvalue weighted by Gasteiger charge is 2.41. The van der Waals surface area contributed by atoms with Gasteiger partial charge in [-0.25, -0.2) is 4.79 Å². The van der Waals surface area contributed by atoms with Crippen molar-refractivity contribution in [2.75, 3.05) is 17.7 Å². The molecule has 0 amide bonds. The summed E-state index contributed by atoms with van der Waals surface area (Å²) in [6.07, 6.45) is 5.31. The van der Waals surface area contributed by atoms with Crippen molar-refractivity contribution in [3.8, 4) is 0 Å². The predicted molar refractivity (Wildman–Crippen MR) is 79.7 cm³/mol. The van der Waals surface area contributed by atoms with Crippen LogP contribution in [0.3, 0.4) is 0 Å². The highest BCUT2D eigenvalue weighted by atomic mass is 16.5. The van der Waals surface area contributed by atoms with Crippen molar-refractivity contribution in [1.82, 2.24) is 0 Å². The minimum absolute atomic E-state index is 0.313. The highest BCUT2D eigenvalue weighted by molar-refractivity contribution is 5.92. The lowest BCUT2D eigenvalue weighted by molar-refractivity contribution is 0.0526. The van der Waals surface area contributed by atoms with Crippen molar-refractivity contribution in [2.24, 2.45) is 11.8 Å². The van der Waals surface area contributed by atoms with E-state index in [0.29, 0.717) is 23.9 Å². The number of carbonyl (C=O) groups excluding carboxylic acids is 1. The molecule has 0 radical (unpaired) electrons. The quantitative estimate of drug-likeness (QED) is 0.618. The Morgan fingerprint density at radius 3 is 2.50 bits per heavy atom. The van der Waals surface area contributed by atoms with Crippen molar-refractivity contribution in [1.29, 1.82) is 0 Å². The number of ether oxygens (including phenoxy) is 1. The van der Waals surface area contributed by atoms with Gasteiger partial charge in [-0.15, -0.1) is 0 Å². The number of carbonyl (C=O) groups is 1. The number of hydrogen-bond donors (Lipinski definition) is 2. The number of benzene rings is 1. The van der Waals surface area contributed by atoms with Crippen LogP contribution < -0.4 is 11.1 Å². The fraction of sp³-hybridized carbons (Fsp3) is 0.562. The molecular formula is C16H22N2O2. The molecule has 0 atom stereocenters. The van der Waals surface area contributed by atoms with Gasteiger partial charge < -0.3 is 15.8 Å². The van der Waals surface area contributed by atoms with Crippen LogP contribution in [0.1, 0.15) is 43.0 Å². The van der Waals surface area contributed by atoms with Gasteiger partial charge in [-0.1, -0.05) is 0 Å². The van der Waals surface area contributed by atoms with E-state index in [1.807, 2.05) is 6.07 Å². The fourth-order valence-electron chi connectivity index (χ4n) is 2.75. The van der Waals surface area contributed by atoms with Crippen molar-refractivity contribution in [2.45, 2.75) is 38.6 Å². The van der Waals surface area contributed by atoms with E-state index >= 15 is 0 Å². The SMILES string of the molecule is CCOC(=O)c1ccc(NC(C2CC2)C2CC2)c(N)c1. The third-order valence-electron chi connectivity index (χ3n) is 4.14. The first-order chi connectivity index (χ1) is 9.69. The molecule has 0 bridgehead atoms. The molecule has 20 heavy (non-hydrogen) atoms. The maximum atomic E-state index is 11.7. The van der Waals surface area contributed by atoms with Crippen LogP contribution in [0.25, 0.3) is 0 Å². The smallest absolute Gasteiger partial charge is 0.338 e. The average molecular weight is 274 g/mol. The largest absolute Gasteiger partial charge is 0.462 e. The summed E-state index contributed by atoms with van der Waals surface area (Å²) in [5.41, 5.74) is 8.17. The van der Waals surface area contributed by atoms with Crippen molar-refractivity contribution >= 4 is 17.3 Å². The van der Waals surface area contributed by atoms with Crippen molar-refractivity contribution in [3.05, 3.63) is 23.8 Å². The fourth-order valence-corrected chi connectivity index (χ4v) is 2.75. The maximum Gasteiger partial charge on any atom is 0.338 e. The molecule has 0 heterocycles. The Kier molecular flexibility index (Phi) is 3.55. The molecule has 0 aliphatic heterocycles. The van der Waals surface area contributed by atoms with Crippen LogP contribution in [0, 0.1) is 11.8 Å². The number of nitrogens with two attached hydrogens (primary N) is 1. The number of nitrogens with one attached hydrogen (secondary N) is 1. The summed E-state index contributed by atoms with van der Waals surface area (Å²) < 4.78 is 4.99. The van der Waals surface area contributed by atoms with E-state index < -0.39 is 0 Å². The molecule has 2 saturated carbocycles. The number of nitrogen functional groups attached to an aromatic ring is 1. The lowest BCUT2D eigenvalue weighted by atomic mass is 10.1. The normalized spacial score (nSPS) is 18.1. The zero-order chi connectivity index (χ0) is 14.1. The van der Waals surface area contributed by atoms with E-state index in [0.717, 1.165) is 17.5 Å². The first-order valence-electron chi connectivity index (χ1n) is 7.52. The van der Waals surface area contributed by atoms with Crippen LogP contribution in [0.4, 0.5) is 11.4 Å². The lowest BCUT2D eigenvalue weighted by Gasteiger charge is -2.20. The molecule has 1 aromatic rings. The number of anilines is 2. The van der Waals surface area contributed by atoms with Crippen molar-refractivity contribution < 1.29 is 9.53 Å². The summed E-state index contributed by atoms with van der Waals surface area (Å²) in [7, 11) is 0. The molecule has 3 N–H and O–H groups in total. The van der Waals surface area contributed by atoms with E-state index in [9.17, 15) is 4.79 Å². The van der Waals surface area contributed by atoms with Gasteiger partial charge in [-0.05, 0) is 62.6 Å². The van der Waals surface area contributed by atoms with Gasteiger partial charge in [0, 0.05) is 6.04 Å². The van der Waals surface area contributed by atoms with E-state index in [1.165, 1.54) is 25.7 Å². The van der Waals surface area contributed by atoms with Crippen LogP contribution in [-0.4, -0.2) is 18.6 Å². The Labute approximate surface area is 119 Å². The first-order valence-corrected chi connectivity index (χ1v) is 7.52. The Morgan fingerprint density at radius 2 is 2.00 bits per heavy atom. The van der Waals surface area contributed by atoms with Gasteiger partial charge in [0.25, 0.3) is 0 Å². The lowest BCUT2D eigenvalue weighted by Crippen LogP contribution is -2.24. The second-order valence-corrected chi connectivity index (χ2v) is 5.87. The van der Waals surface area contributed by atoms with Gasteiger partial charge in [0.15, 0.2) is 0 Å². The highest BCUT2D eigenvalue weighted by Crippen LogP contribution is 2.46. The Bertz CT molecular complexity index is 495. The van der Waals surface area contributed by atoms with Crippen molar-refractivity contribution in [3.63, 3.8) is 0 Å². The second-order valence-electron chi connectivity index (χ2n) is 5.87. The Morgan fingerprint density at radius 1 is 1.35 bits per heavy atom. The van der Waals surface area contributed by atoms with Crippen LogP contribution in [0.15, 0.2) is 18.2 Å². The Balaban J connectivity index is 1.71. The minimum Gasteiger partial charge on any atom is -0.462 e. The third-order valence-corrected chi connectivity index (χ3v) is 4.14. The molecule has 108 valence electrons. The van der Waals surface area contributed by atoms with Gasteiger partial charge in [-0.3, -0.25) is 0 Å². The molecule has 1 aromatic carbocycles. The molecule has 0 spiro atoms. The van der Waals surface area contributed by atoms with Gasteiger partial charge in [0.1, 0.15) is 0 Å². The predicted octanol–water partition coefficient (Wildman–Crippen LogP) is 3.05. The van der Waals surface area contributed by atoms with Crippen LogP contribution in [0.5, 0.6) is 0 Å². The molecule has 2 aliphatic rings. The van der Waals surface area contributed by atoms with Crippen LogP contribution in [-0.2, 0) is 4.74 Å². The van der Waals surface area contributed by atoms with Gasteiger partial charge in [0.05, 0.1) is 23.5 Å². The van der Waals surface area contributed by atoms with E-state index in [1.54, 1.807) is 19.1 Å². The molecule has 2 fully saturated rings. The maximum absolute atomic E-state index is 11.7. The summed E-state index contributed by atoms with van der Waals surface area (Å²) in [5, 5.41) is 3.59. The van der Waals surface area contributed by atoms with E-state index in [4.69, 9.17) is 10.5 Å². The van der Waals surface area contributed by atoms with Gasteiger partial charge in [-0.2, -0.15) is 0 Å². The summed E-state index contributed by atoms with van der Waals surface area (Å²) in [6, 6.07) is 5.95. The average Bonchev–Trinajstić information content (AvgIpc) is 3.29. The summed E-state index contributed by atoms with van der Waals surface area (Å²) >= 11 is 0. The van der Waals surface area contributed by atoms with Crippen LogP contribution in [0.2, 0.25) is 0 Å². The van der Waals surface area contributed by atoms with E-state index in [-0.39, 0.29) is 5.97 Å². The topological polar surface area (TPSA) is 64.3 Å². The second kappa shape index (κ2) is 5.35. The third kappa shape index (κ3) is 2.89. The standard InChI is InChI=1S/C16H22N2O2/c1-2-20-16(19)12-7-8-14(13(17)9-12)18-15(10-3-4-10)11-5-6-11/h7-11,15,18H,2-6,17H2,1H3. The zero-order valence-electron chi connectivity index (χ0n) is 11.9. The molecule has 0 saturated heterocycles. The molecular weight excluding hydrogens is 252 g/mol. The molecule has 0 aromatic heterocycles. The molecule has 3 rings (SSSR count). The molecule has 4 nitrogen and oxygen atoms in total. The van der Waals surface area contributed by atoms with Gasteiger partial charge >= 0.3 is 5.97 Å². The Hall–Kier alpha value is -1.71. The number of esters is 1. The molecule has 0 unspecified atom stereocenters. The number of hydrogen-bond acceptors (Lipinski definition) is 4. The molecule has 2 aliphatic carbocycles. The zero-order valence-corrected chi connectivity index (χ0v) is 11.9.